The highest BCUT2D eigenvalue weighted by atomic mass is 32.1. The molecule has 2 aromatic carbocycles. The summed E-state index contributed by atoms with van der Waals surface area (Å²) in [5.74, 6) is -0.907. The summed E-state index contributed by atoms with van der Waals surface area (Å²) in [6, 6.07) is 12.9. The Hall–Kier alpha value is -2.20. The molecule has 3 rings (SSSR count). The van der Waals surface area contributed by atoms with Gasteiger partial charge in [0, 0.05) is 10.9 Å². The first-order valence-corrected chi connectivity index (χ1v) is 6.26. The lowest BCUT2D eigenvalue weighted by Gasteiger charge is -2.05. The second kappa shape index (κ2) is 4.23. The summed E-state index contributed by atoms with van der Waals surface area (Å²) in [6.45, 7) is 0. The van der Waals surface area contributed by atoms with Crippen LogP contribution in [0.3, 0.4) is 0 Å². The van der Waals surface area contributed by atoms with Crippen LogP contribution >= 0.6 is 11.5 Å². The number of rotatable bonds is 2. The molecule has 0 aliphatic rings. The van der Waals surface area contributed by atoms with Crippen molar-refractivity contribution >= 4 is 28.3 Å². The molecule has 0 atom stereocenters. The van der Waals surface area contributed by atoms with E-state index >= 15 is 0 Å². The number of carbonyl (C=O) groups is 1. The fraction of sp³-hybridized carbons (Fsp3) is 0. The smallest absolute Gasteiger partial charge is 0.335 e. The third-order valence-corrected chi connectivity index (χ3v) is 3.40. The molecule has 1 heterocycles. The first-order valence-electron chi connectivity index (χ1n) is 5.42. The number of fused-ring (bicyclic) bond motifs is 1. The Bertz CT molecular complexity index is 720. The lowest BCUT2D eigenvalue weighted by molar-refractivity contribution is 0.0697. The topological polar surface area (TPSA) is 50.2 Å². The minimum absolute atomic E-state index is 0.304. The Morgan fingerprint density at radius 2 is 2.06 bits per heavy atom. The average molecular weight is 255 g/mol. The molecular weight excluding hydrogens is 246 g/mol. The highest BCUT2D eigenvalue weighted by molar-refractivity contribution is 7.03. The highest BCUT2D eigenvalue weighted by Gasteiger charge is 2.08. The zero-order valence-electron chi connectivity index (χ0n) is 9.33. The Balaban J connectivity index is 2.26. The van der Waals surface area contributed by atoms with Crippen molar-refractivity contribution in [3.8, 4) is 11.3 Å². The predicted octanol–water partition coefficient (Wildman–Crippen LogP) is 3.66. The van der Waals surface area contributed by atoms with Crippen molar-refractivity contribution in [2.45, 2.75) is 0 Å². The molecule has 0 bridgehead atoms. The minimum atomic E-state index is -0.907. The van der Waals surface area contributed by atoms with Crippen molar-refractivity contribution in [2.75, 3.05) is 0 Å². The zero-order valence-corrected chi connectivity index (χ0v) is 10.1. The first-order chi connectivity index (χ1) is 8.75. The SMILES string of the molecule is O=C(O)c1ccc2c(-c3ccsn3)cccc2c1. The fourth-order valence-corrected chi connectivity index (χ4v) is 2.51. The van der Waals surface area contributed by atoms with Crippen molar-refractivity contribution in [3.63, 3.8) is 0 Å². The molecule has 1 aromatic heterocycles. The van der Waals surface area contributed by atoms with Gasteiger partial charge in [-0.2, -0.15) is 4.37 Å². The molecule has 1 N–H and O–H groups in total. The molecule has 0 aliphatic heterocycles. The molecule has 0 aliphatic carbocycles. The molecule has 18 heavy (non-hydrogen) atoms. The fourth-order valence-electron chi connectivity index (χ4n) is 1.99. The Kier molecular flexibility index (Phi) is 2.57. The summed E-state index contributed by atoms with van der Waals surface area (Å²) >= 11 is 1.41. The number of aromatic carboxylic acids is 1. The van der Waals surface area contributed by atoms with Gasteiger partial charge in [-0.15, -0.1) is 0 Å². The van der Waals surface area contributed by atoms with Crippen molar-refractivity contribution < 1.29 is 9.90 Å². The molecule has 0 unspecified atom stereocenters. The average Bonchev–Trinajstić information content (AvgIpc) is 2.91. The first kappa shape index (κ1) is 10.9. The molecule has 88 valence electrons. The number of aromatic nitrogens is 1. The predicted molar refractivity (Wildman–Crippen MR) is 72.0 cm³/mol. The van der Waals surface area contributed by atoms with Gasteiger partial charge in [-0.05, 0) is 40.5 Å². The molecular formula is C14H9NO2S. The maximum Gasteiger partial charge on any atom is 0.335 e. The number of carboxylic acid groups (broad SMARTS) is 1. The normalized spacial score (nSPS) is 10.7. The van der Waals surface area contributed by atoms with E-state index in [0.29, 0.717) is 5.56 Å². The van der Waals surface area contributed by atoms with Crippen LogP contribution in [0.5, 0.6) is 0 Å². The third-order valence-electron chi connectivity index (χ3n) is 2.84. The van der Waals surface area contributed by atoms with Crippen molar-refractivity contribution in [1.82, 2.24) is 4.37 Å². The summed E-state index contributed by atoms with van der Waals surface area (Å²) in [4.78, 5) is 10.9. The van der Waals surface area contributed by atoms with E-state index < -0.39 is 5.97 Å². The Morgan fingerprint density at radius 3 is 2.78 bits per heavy atom. The molecule has 0 radical (unpaired) electrons. The number of hydrogen-bond donors (Lipinski definition) is 1. The van der Waals surface area contributed by atoms with Gasteiger partial charge in [-0.1, -0.05) is 24.3 Å². The van der Waals surface area contributed by atoms with Crippen LogP contribution in [0.2, 0.25) is 0 Å². The summed E-state index contributed by atoms with van der Waals surface area (Å²) in [5.41, 5.74) is 2.26. The molecule has 0 fully saturated rings. The molecule has 0 amide bonds. The summed E-state index contributed by atoms with van der Waals surface area (Å²) in [7, 11) is 0. The van der Waals surface area contributed by atoms with Gasteiger partial charge < -0.3 is 5.11 Å². The number of benzene rings is 2. The van der Waals surface area contributed by atoms with Crippen LogP contribution in [0.25, 0.3) is 22.0 Å². The number of hydrogen-bond acceptors (Lipinski definition) is 3. The quantitative estimate of drug-likeness (QED) is 0.760. The Morgan fingerprint density at radius 1 is 1.17 bits per heavy atom. The van der Waals surface area contributed by atoms with E-state index in [-0.39, 0.29) is 0 Å². The molecule has 4 heteroatoms. The standard InChI is InChI=1S/C14H9NO2S/c16-14(17)10-4-5-11-9(8-10)2-1-3-12(11)13-6-7-18-15-13/h1-8H,(H,16,17). The molecule has 3 nitrogen and oxygen atoms in total. The summed E-state index contributed by atoms with van der Waals surface area (Å²) in [6.07, 6.45) is 0. The maximum atomic E-state index is 10.9. The van der Waals surface area contributed by atoms with E-state index in [1.165, 1.54) is 11.5 Å². The minimum Gasteiger partial charge on any atom is -0.478 e. The number of carboxylic acids is 1. The van der Waals surface area contributed by atoms with Crippen LogP contribution in [0.1, 0.15) is 10.4 Å². The van der Waals surface area contributed by atoms with Gasteiger partial charge in [-0.3, -0.25) is 0 Å². The van der Waals surface area contributed by atoms with Crippen LogP contribution in [-0.4, -0.2) is 15.4 Å². The van der Waals surface area contributed by atoms with Crippen LogP contribution < -0.4 is 0 Å². The van der Waals surface area contributed by atoms with E-state index in [1.54, 1.807) is 12.1 Å². The van der Waals surface area contributed by atoms with Gasteiger partial charge in [0.25, 0.3) is 0 Å². The van der Waals surface area contributed by atoms with Crippen LogP contribution in [0, 0.1) is 0 Å². The van der Waals surface area contributed by atoms with E-state index in [2.05, 4.69) is 4.37 Å². The zero-order chi connectivity index (χ0) is 12.5. The molecule has 0 spiro atoms. The second-order valence-electron chi connectivity index (χ2n) is 3.93. The maximum absolute atomic E-state index is 10.9. The van der Waals surface area contributed by atoms with Gasteiger partial charge in [-0.25, -0.2) is 4.79 Å². The van der Waals surface area contributed by atoms with Gasteiger partial charge in [0.2, 0.25) is 0 Å². The van der Waals surface area contributed by atoms with E-state index in [0.717, 1.165) is 22.0 Å². The van der Waals surface area contributed by atoms with Crippen LogP contribution in [0.15, 0.2) is 47.8 Å². The van der Waals surface area contributed by atoms with E-state index in [1.807, 2.05) is 35.7 Å². The largest absolute Gasteiger partial charge is 0.478 e. The van der Waals surface area contributed by atoms with E-state index in [9.17, 15) is 4.79 Å². The number of nitrogens with zero attached hydrogens (tertiary/aromatic N) is 1. The van der Waals surface area contributed by atoms with E-state index in [4.69, 9.17) is 5.11 Å². The summed E-state index contributed by atoms with van der Waals surface area (Å²) in [5, 5.41) is 12.9. The lowest BCUT2D eigenvalue weighted by Crippen LogP contribution is -1.95. The van der Waals surface area contributed by atoms with Crippen molar-refractivity contribution in [2.24, 2.45) is 0 Å². The van der Waals surface area contributed by atoms with Crippen LogP contribution in [0.4, 0.5) is 0 Å². The highest BCUT2D eigenvalue weighted by Crippen LogP contribution is 2.28. The molecule has 0 saturated carbocycles. The summed E-state index contributed by atoms with van der Waals surface area (Å²) < 4.78 is 4.32. The second-order valence-corrected chi connectivity index (χ2v) is 4.60. The van der Waals surface area contributed by atoms with Crippen LogP contribution in [-0.2, 0) is 0 Å². The Labute approximate surface area is 107 Å². The van der Waals surface area contributed by atoms with Gasteiger partial charge >= 0.3 is 5.97 Å². The molecule has 3 aromatic rings. The molecule has 0 saturated heterocycles. The monoisotopic (exact) mass is 255 g/mol. The van der Waals surface area contributed by atoms with Gasteiger partial charge in [0.15, 0.2) is 0 Å². The lowest BCUT2D eigenvalue weighted by atomic mass is 10.0. The van der Waals surface area contributed by atoms with Crippen molar-refractivity contribution in [1.29, 1.82) is 0 Å². The third kappa shape index (κ3) is 1.76. The van der Waals surface area contributed by atoms with Gasteiger partial charge in [0.05, 0.1) is 11.3 Å². The van der Waals surface area contributed by atoms with Gasteiger partial charge in [0.1, 0.15) is 0 Å². The van der Waals surface area contributed by atoms with Crippen molar-refractivity contribution in [3.05, 3.63) is 53.4 Å².